The Morgan fingerprint density at radius 3 is 2.72 bits per heavy atom. The molecule has 1 atom stereocenters. The Kier molecular flexibility index (Phi) is 6.04. The smallest absolute Gasteiger partial charge is 0.339 e. The Balaban J connectivity index is 1.85. The quantitative estimate of drug-likeness (QED) is 0.606. The molecule has 0 aliphatic carbocycles. The number of carbonyl (C=O) groups is 1. The van der Waals surface area contributed by atoms with Crippen LogP contribution in [0.15, 0.2) is 41.3 Å². The van der Waals surface area contributed by atoms with Crippen molar-refractivity contribution in [1.29, 1.82) is 0 Å². The molecule has 1 aromatic carbocycles. The summed E-state index contributed by atoms with van der Waals surface area (Å²) < 4.78 is 39.3. The summed E-state index contributed by atoms with van der Waals surface area (Å²) in [4.78, 5) is 31.7. The second kappa shape index (κ2) is 8.91. The van der Waals surface area contributed by atoms with Gasteiger partial charge in [-0.05, 0) is 25.1 Å². The van der Waals surface area contributed by atoms with Gasteiger partial charge < -0.3 is 19.7 Å². The lowest BCUT2D eigenvalue weighted by molar-refractivity contribution is 0.0600. The molecule has 0 amide bonds. The molecule has 3 heterocycles. The number of hydrogen-bond acceptors (Lipinski definition) is 7. The lowest BCUT2D eigenvalue weighted by Gasteiger charge is -2.28. The number of halogens is 2. The molecule has 0 spiro atoms. The van der Waals surface area contributed by atoms with Crippen LogP contribution in [0, 0.1) is 11.6 Å². The molecule has 2 aromatic heterocycles. The van der Waals surface area contributed by atoms with Crippen molar-refractivity contribution in [2.24, 2.45) is 0 Å². The van der Waals surface area contributed by atoms with Crippen LogP contribution < -0.4 is 15.8 Å². The van der Waals surface area contributed by atoms with Crippen LogP contribution in [0.4, 0.5) is 20.3 Å². The van der Waals surface area contributed by atoms with E-state index >= 15 is 0 Å². The van der Waals surface area contributed by atoms with Crippen LogP contribution in [0.3, 0.4) is 0 Å². The number of morpholine rings is 1. The summed E-state index contributed by atoms with van der Waals surface area (Å²) in [5, 5.41) is 2.91. The molecule has 1 unspecified atom stereocenters. The van der Waals surface area contributed by atoms with Crippen molar-refractivity contribution in [2.75, 3.05) is 43.6 Å². The minimum Gasteiger partial charge on any atom is -0.465 e. The Labute approximate surface area is 182 Å². The van der Waals surface area contributed by atoms with Gasteiger partial charge in [0, 0.05) is 30.9 Å². The fraction of sp³-hybridized carbons (Fsp3) is 0.318. The molecule has 0 saturated carbocycles. The van der Waals surface area contributed by atoms with Crippen molar-refractivity contribution in [3.63, 3.8) is 0 Å². The monoisotopic (exact) mass is 444 g/mol. The predicted octanol–water partition coefficient (Wildman–Crippen LogP) is 2.77. The van der Waals surface area contributed by atoms with Gasteiger partial charge in [0.15, 0.2) is 11.6 Å². The standard InChI is InChI=1S/C22H22F2N4O4/c1-13(25-17-5-3-4-16(23)20(17)24)15-10-14(22(30)31-2)12-28-19(29)11-18(26-21(15)28)27-6-8-32-9-7-27/h3-5,10-13,25H,6-9H2,1-2H3. The van der Waals surface area contributed by atoms with Crippen molar-refractivity contribution < 1.29 is 23.0 Å². The third kappa shape index (κ3) is 4.13. The topological polar surface area (TPSA) is 85.2 Å². The highest BCUT2D eigenvalue weighted by Gasteiger charge is 2.21. The van der Waals surface area contributed by atoms with Gasteiger partial charge in [-0.3, -0.25) is 9.20 Å². The van der Waals surface area contributed by atoms with Crippen molar-refractivity contribution in [2.45, 2.75) is 13.0 Å². The molecular formula is C22H22F2N4O4. The molecule has 0 radical (unpaired) electrons. The molecule has 1 fully saturated rings. The number of hydrogen-bond donors (Lipinski definition) is 1. The van der Waals surface area contributed by atoms with Gasteiger partial charge in [-0.25, -0.2) is 18.6 Å². The van der Waals surface area contributed by atoms with Gasteiger partial charge in [0.1, 0.15) is 11.5 Å². The average molecular weight is 444 g/mol. The van der Waals surface area contributed by atoms with Gasteiger partial charge in [0.25, 0.3) is 5.56 Å². The maximum absolute atomic E-state index is 14.2. The summed E-state index contributed by atoms with van der Waals surface area (Å²) >= 11 is 0. The van der Waals surface area contributed by atoms with Crippen LogP contribution in [0.5, 0.6) is 0 Å². The number of rotatable bonds is 5. The zero-order valence-electron chi connectivity index (χ0n) is 17.6. The van der Waals surface area contributed by atoms with Gasteiger partial charge in [-0.15, -0.1) is 0 Å². The number of nitrogens with one attached hydrogen (secondary N) is 1. The van der Waals surface area contributed by atoms with E-state index in [0.717, 1.165) is 6.07 Å². The second-order valence-corrected chi connectivity index (χ2v) is 7.39. The number of pyridine rings is 1. The summed E-state index contributed by atoms with van der Waals surface area (Å²) in [6, 6.07) is 6.11. The number of benzene rings is 1. The number of fused-ring (bicyclic) bond motifs is 1. The summed E-state index contributed by atoms with van der Waals surface area (Å²) in [6.45, 7) is 3.91. The molecule has 1 saturated heterocycles. The van der Waals surface area contributed by atoms with Gasteiger partial charge in [-0.1, -0.05) is 6.07 Å². The molecule has 4 rings (SSSR count). The van der Waals surface area contributed by atoms with Crippen molar-refractivity contribution in [3.8, 4) is 0 Å². The van der Waals surface area contributed by atoms with E-state index in [9.17, 15) is 18.4 Å². The number of esters is 1. The third-order valence-electron chi connectivity index (χ3n) is 5.32. The van der Waals surface area contributed by atoms with E-state index in [1.165, 1.54) is 42.0 Å². The van der Waals surface area contributed by atoms with Crippen molar-refractivity contribution in [3.05, 3.63) is 69.6 Å². The predicted molar refractivity (Wildman–Crippen MR) is 114 cm³/mol. The largest absolute Gasteiger partial charge is 0.465 e. The molecule has 8 nitrogen and oxygen atoms in total. The first-order valence-electron chi connectivity index (χ1n) is 10.1. The first kappa shape index (κ1) is 21.7. The highest BCUT2D eigenvalue weighted by molar-refractivity contribution is 5.90. The van der Waals surface area contributed by atoms with E-state index in [1.807, 2.05) is 4.90 Å². The normalized spacial score (nSPS) is 14.9. The number of methoxy groups -OCH3 is 1. The number of anilines is 2. The number of nitrogens with zero attached hydrogens (tertiary/aromatic N) is 3. The Bertz CT molecular complexity index is 1220. The number of carbonyl (C=O) groups excluding carboxylic acids is 1. The minimum absolute atomic E-state index is 0.0502. The summed E-state index contributed by atoms with van der Waals surface area (Å²) in [6.07, 6.45) is 1.36. The summed E-state index contributed by atoms with van der Waals surface area (Å²) in [7, 11) is 1.23. The fourth-order valence-electron chi connectivity index (χ4n) is 3.64. The lowest BCUT2D eigenvalue weighted by Crippen LogP contribution is -2.37. The van der Waals surface area contributed by atoms with E-state index in [2.05, 4.69) is 10.3 Å². The van der Waals surface area contributed by atoms with E-state index in [1.54, 1.807) is 6.92 Å². The van der Waals surface area contributed by atoms with E-state index in [0.29, 0.717) is 43.3 Å². The highest BCUT2D eigenvalue weighted by atomic mass is 19.2. The first-order valence-corrected chi connectivity index (χ1v) is 10.1. The number of aromatic nitrogens is 2. The maximum atomic E-state index is 14.2. The van der Waals surface area contributed by atoms with Gasteiger partial charge in [-0.2, -0.15) is 0 Å². The Hall–Kier alpha value is -3.53. The molecule has 168 valence electrons. The molecule has 3 aromatic rings. The second-order valence-electron chi connectivity index (χ2n) is 7.39. The fourth-order valence-corrected chi connectivity index (χ4v) is 3.64. The first-order chi connectivity index (χ1) is 15.4. The van der Waals surface area contributed by atoms with Crippen LogP contribution in [-0.2, 0) is 9.47 Å². The Morgan fingerprint density at radius 1 is 1.25 bits per heavy atom. The zero-order chi connectivity index (χ0) is 22.8. The maximum Gasteiger partial charge on any atom is 0.339 e. The van der Waals surface area contributed by atoms with E-state index in [4.69, 9.17) is 9.47 Å². The molecule has 1 N–H and O–H groups in total. The van der Waals surface area contributed by atoms with Crippen LogP contribution in [0.25, 0.3) is 5.65 Å². The summed E-state index contributed by atoms with van der Waals surface area (Å²) in [5.41, 5.74) is 0.442. The highest BCUT2D eigenvalue weighted by Crippen LogP contribution is 2.27. The van der Waals surface area contributed by atoms with Crippen molar-refractivity contribution in [1.82, 2.24) is 9.38 Å². The molecule has 32 heavy (non-hydrogen) atoms. The van der Waals surface area contributed by atoms with Gasteiger partial charge >= 0.3 is 5.97 Å². The molecule has 1 aliphatic heterocycles. The van der Waals surface area contributed by atoms with Crippen LogP contribution in [0.1, 0.15) is 28.9 Å². The third-order valence-corrected chi connectivity index (χ3v) is 5.32. The lowest BCUT2D eigenvalue weighted by atomic mass is 10.1. The SMILES string of the molecule is COC(=O)c1cc(C(C)Nc2cccc(F)c2F)c2nc(N3CCOCC3)cc(=O)n2c1. The average Bonchev–Trinajstić information content (AvgIpc) is 2.81. The molecule has 1 aliphatic rings. The summed E-state index contributed by atoms with van der Waals surface area (Å²) in [5.74, 6) is -2.16. The van der Waals surface area contributed by atoms with Crippen LogP contribution >= 0.6 is 0 Å². The molecular weight excluding hydrogens is 422 g/mol. The Morgan fingerprint density at radius 2 is 2.00 bits per heavy atom. The molecule has 10 heteroatoms. The number of ether oxygens (including phenoxy) is 2. The van der Waals surface area contributed by atoms with Crippen LogP contribution in [-0.4, -0.2) is 48.8 Å². The van der Waals surface area contributed by atoms with Crippen molar-refractivity contribution >= 4 is 23.1 Å². The molecule has 0 bridgehead atoms. The van der Waals surface area contributed by atoms with Gasteiger partial charge in [0.2, 0.25) is 0 Å². The van der Waals surface area contributed by atoms with Crippen LogP contribution in [0.2, 0.25) is 0 Å². The van der Waals surface area contributed by atoms with E-state index in [-0.39, 0.29) is 16.8 Å². The van der Waals surface area contributed by atoms with Gasteiger partial charge in [0.05, 0.1) is 37.6 Å². The van der Waals surface area contributed by atoms with E-state index < -0.39 is 23.6 Å². The zero-order valence-corrected chi connectivity index (χ0v) is 17.6. The minimum atomic E-state index is -1.02.